The van der Waals surface area contributed by atoms with Gasteiger partial charge in [0.15, 0.2) is 0 Å². The Morgan fingerprint density at radius 1 is 1.22 bits per heavy atom. The lowest BCUT2D eigenvalue weighted by Crippen LogP contribution is -2.29. The number of aryl methyl sites for hydroxylation is 2. The molecule has 1 saturated carbocycles. The van der Waals surface area contributed by atoms with Crippen LogP contribution in [0.5, 0.6) is 11.6 Å². The van der Waals surface area contributed by atoms with Gasteiger partial charge in [-0.1, -0.05) is 12.5 Å². The molecule has 0 aliphatic heterocycles. The van der Waals surface area contributed by atoms with Crippen molar-refractivity contribution in [3.63, 3.8) is 0 Å². The topological polar surface area (TPSA) is 77.2 Å². The summed E-state index contributed by atoms with van der Waals surface area (Å²) in [5.74, 6) is 1.59. The van der Waals surface area contributed by atoms with Crippen molar-refractivity contribution in [2.75, 3.05) is 11.9 Å². The molecule has 5 nitrogen and oxygen atoms in total. The van der Waals surface area contributed by atoms with Crippen LogP contribution in [0.3, 0.4) is 0 Å². The lowest BCUT2D eigenvalue weighted by Gasteiger charge is -2.18. The zero-order chi connectivity index (χ0) is 17.8. The van der Waals surface area contributed by atoms with E-state index in [-0.39, 0.29) is 42.6 Å². The van der Waals surface area contributed by atoms with Gasteiger partial charge in [0, 0.05) is 29.9 Å². The minimum atomic E-state index is 0. The van der Waals surface area contributed by atoms with Crippen molar-refractivity contribution < 1.29 is 9.53 Å². The van der Waals surface area contributed by atoms with Crippen LogP contribution >= 0.6 is 24.8 Å². The first kappa shape index (κ1) is 23.2. The molecule has 1 heterocycles. The van der Waals surface area contributed by atoms with Gasteiger partial charge >= 0.3 is 0 Å². The van der Waals surface area contributed by atoms with Crippen molar-refractivity contribution in [2.24, 2.45) is 17.6 Å². The summed E-state index contributed by atoms with van der Waals surface area (Å²) in [6, 6.07) is 9.50. The van der Waals surface area contributed by atoms with E-state index in [2.05, 4.69) is 10.3 Å². The zero-order valence-corrected chi connectivity index (χ0v) is 17.2. The molecule has 7 heteroatoms. The molecule has 0 unspecified atom stereocenters. The Labute approximate surface area is 172 Å². The summed E-state index contributed by atoms with van der Waals surface area (Å²) >= 11 is 0. The third kappa shape index (κ3) is 5.83. The van der Waals surface area contributed by atoms with Gasteiger partial charge in [0.1, 0.15) is 5.75 Å². The fourth-order valence-electron chi connectivity index (χ4n) is 3.36. The predicted octanol–water partition coefficient (Wildman–Crippen LogP) is 4.65. The van der Waals surface area contributed by atoms with Crippen LogP contribution in [0.25, 0.3) is 0 Å². The number of ether oxygens (including phenoxy) is 1. The number of aromatic nitrogens is 1. The first-order valence-electron chi connectivity index (χ1n) is 8.79. The third-order valence-electron chi connectivity index (χ3n) is 4.86. The Morgan fingerprint density at radius 3 is 2.70 bits per heavy atom. The van der Waals surface area contributed by atoms with Gasteiger partial charge in [-0.05, 0) is 62.4 Å². The standard InChI is InChI=1S/C20H25N3O2.2ClH/c1-13-8-9-22-19(10-13)25-18-11-16(7-6-14(18)2)23-20(24)17-5-3-4-15(17)12-21;;/h6-11,15,17H,3-5,12,21H2,1-2H3,(H,23,24);2*1H/t15-,17-;;/m1../s1. The molecule has 1 fully saturated rings. The summed E-state index contributed by atoms with van der Waals surface area (Å²) < 4.78 is 5.90. The normalized spacial score (nSPS) is 18.2. The van der Waals surface area contributed by atoms with Crippen LogP contribution in [0.15, 0.2) is 36.5 Å². The highest BCUT2D eigenvalue weighted by molar-refractivity contribution is 5.93. The molecule has 2 atom stereocenters. The Kier molecular flexibility index (Phi) is 9.03. The van der Waals surface area contributed by atoms with Crippen LogP contribution in [0.2, 0.25) is 0 Å². The molecule has 1 aromatic carbocycles. The highest BCUT2D eigenvalue weighted by Crippen LogP contribution is 2.33. The number of rotatable bonds is 5. The second-order valence-electron chi connectivity index (χ2n) is 6.78. The Morgan fingerprint density at radius 2 is 2.00 bits per heavy atom. The molecular formula is C20H27Cl2N3O2. The van der Waals surface area contributed by atoms with Crippen LogP contribution in [-0.2, 0) is 4.79 Å². The van der Waals surface area contributed by atoms with E-state index in [4.69, 9.17) is 10.5 Å². The summed E-state index contributed by atoms with van der Waals surface area (Å²) in [4.78, 5) is 16.8. The van der Waals surface area contributed by atoms with E-state index >= 15 is 0 Å². The van der Waals surface area contributed by atoms with Crippen molar-refractivity contribution >= 4 is 36.4 Å². The largest absolute Gasteiger partial charge is 0.439 e. The summed E-state index contributed by atoms with van der Waals surface area (Å²) in [6.07, 6.45) is 4.74. The molecule has 3 N–H and O–H groups in total. The maximum atomic E-state index is 12.6. The second kappa shape index (κ2) is 10.5. The van der Waals surface area contributed by atoms with Crippen LogP contribution < -0.4 is 15.8 Å². The number of amides is 1. The molecule has 148 valence electrons. The maximum Gasteiger partial charge on any atom is 0.227 e. The number of carbonyl (C=O) groups excluding carboxylic acids is 1. The molecule has 3 rings (SSSR count). The SMILES string of the molecule is Cc1ccnc(Oc2cc(NC(=O)[C@@H]3CCC[C@@H]3CN)ccc2C)c1.Cl.Cl. The molecule has 2 aromatic rings. The van der Waals surface area contributed by atoms with E-state index in [0.717, 1.165) is 36.1 Å². The number of hydrogen-bond acceptors (Lipinski definition) is 4. The number of hydrogen-bond donors (Lipinski definition) is 2. The summed E-state index contributed by atoms with van der Waals surface area (Å²) in [5, 5.41) is 3.02. The third-order valence-corrected chi connectivity index (χ3v) is 4.86. The highest BCUT2D eigenvalue weighted by Gasteiger charge is 2.31. The lowest BCUT2D eigenvalue weighted by atomic mass is 9.95. The van der Waals surface area contributed by atoms with E-state index in [1.165, 1.54) is 0 Å². The molecule has 0 radical (unpaired) electrons. The van der Waals surface area contributed by atoms with E-state index in [9.17, 15) is 4.79 Å². The minimum absolute atomic E-state index is 0. The van der Waals surface area contributed by atoms with Gasteiger partial charge in [0.25, 0.3) is 0 Å². The molecule has 1 aromatic heterocycles. The van der Waals surface area contributed by atoms with Gasteiger partial charge in [-0.2, -0.15) is 0 Å². The second-order valence-corrected chi connectivity index (χ2v) is 6.78. The highest BCUT2D eigenvalue weighted by atomic mass is 35.5. The maximum absolute atomic E-state index is 12.6. The molecule has 0 bridgehead atoms. The Bertz CT molecular complexity index is 771. The van der Waals surface area contributed by atoms with Crippen LogP contribution in [-0.4, -0.2) is 17.4 Å². The van der Waals surface area contributed by atoms with Crippen molar-refractivity contribution in [3.8, 4) is 11.6 Å². The molecule has 0 saturated heterocycles. The van der Waals surface area contributed by atoms with E-state index in [0.29, 0.717) is 18.2 Å². The first-order chi connectivity index (χ1) is 12.1. The average molecular weight is 412 g/mol. The van der Waals surface area contributed by atoms with Crippen LogP contribution in [0.1, 0.15) is 30.4 Å². The number of nitrogens with zero attached hydrogens (tertiary/aromatic N) is 1. The van der Waals surface area contributed by atoms with E-state index < -0.39 is 0 Å². The number of nitrogens with two attached hydrogens (primary N) is 1. The number of pyridine rings is 1. The van der Waals surface area contributed by atoms with Crippen molar-refractivity contribution in [2.45, 2.75) is 33.1 Å². The molecule has 1 aliphatic carbocycles. The predicted molar refractivity (Wildman–Crippen MR) is 113 cm³/mol. The quantitative estimate of drug-likeness (QED) is 0.750. The van der Waals surface area contributed by atoms with Crippen molar-refractivity contribution in [3.05, 3.63) is 47.7 Å². The molecule has 0 spiro atoms. The molecule has 1 aliphatic rings. The van der Waals surface area contributed by atoms with Gasteiger partial charge < -0.3 is 15.8 Å². The van der Waals surface area contributed by atoms with E-state index in [1.54, 1.807) is 6.20 Å². The van der Waals surface area contributed by atoms with Crippen molar-refractivity contribution in [1.82, 2.24) is 4.98 Å². The zero-order valence-electron chi connectivity index (χ0n) is 15.6. The summed E-state index contributed by atoms with van der Waals surface area (Å²) in [6.45, 7) is 4.53. The monoisotopic (exact) mass is 411 g/mol. The minimum Gasteiger partial charge on any atom is -0.439 e. The fraction of sp³-hybridized carbons (Fsp3) is 0.400. The van der Waals surface area contributed by atoms with Gasteiger partial charge in [-0.25, -0.2) is 4.98 Å². The van der Waals surface area contributed by atoms with E-state index in [1.807, 2.05) is 44.2 Å². The summed E-state index contributed by atoms with van der Waals surface area (Å²) in [5.41, 5.74) is 8.60. The molecular weight excluding hydrogens is 385 g/mol. The van der Waals surface area contributed by atoms with Gasteiger partial charge in [0.05, 0.1) is 0 Å². The van der Waals surface area contributed by atoms with Crippen molar-refractivity contribution in [1.29, 1.82) is 0 Å². The van der Waals surface area contributed by atoms with Gasteiger partial charge in [-0.15, -0.1) is 24.8 Å². The molecule has 1 amide bonds. The number of carbonyl (C=O) groups is 1. The van der Waals surface area contributed by atoms with Gasteiger partial charge in [-0.3, -0.25) is 4.79 Å². The first-order valence-corrected chi connectivity index (χ1v) is 8.79. The van der Waals surface area contributed by atoms with Crippen LogP contribution in [0, 0.1) is 25.7 Å². The van der Waals surface area contributed by atoms with Gasteiger partial charge in [0.2, 0.25) is 11.8 Å². The smallest absolute Gasteiger partial charge is 0.227 e. The lowest BCUT2D eigenvalue weighted by molar-refractivity contribution is -0.120. The number of benzene rings is 1. The Hall–Kier alpha value is -1.82. The number of nitrogens with one attached hydrogen (secondary N) is 1. The van der Waals surface area contributed by atoms with Crippen LogP contribution in [0.4, 0.5) is 5.69 Å². The average Bonchev–Trinajstić information content (AvgIpc) is 3.07. The summed E-state index contributed by atoms with van der Waals surface area (Å²) in [7, 11) is 0. The molecule has 27 heavy (non-hydrogen) atoms. The fourth-order valence-corrected chi connectivity index (χ4v) is 3.36. The number of halogens is 2. The number of anilines is 1. The Balaban J connectivity index is 0.00000182.